The first-order valence-electron chi connectivity index (χ1n) is 5.59. The second-order valence-electron chi connectivity index (χ2n) is 4.25. The third-order valence-electron chi connectivity index (χ3n) is 2.90. The van der Waals surface area contributed by atoms with E-state index >= 15 is 0 Å². The summed E-state index contributed by atoms with van der Waals surface area (Å²) < 4.78 is 2.60. The molecule has 5 heteroatoms. The average Bonchev–Trinajstić information content (AvgIpc) is 3.08. The largest absolute Gasteiger partial charge is 0.392 e. The molecule has 2 aromatic heterocycles. The molecule has 0 bridgehead atoms. The van der Waals surface area contributed by atoms with E-state index in [1.54, 1.807) is 10.9 Å². The average molecular weight is 294 g/mol. The fraction of sp³-hybridized carbons (Fsp3) is 0.333. The van der Waals surface area contributed by atoms with Crippen LogP contribution in [0.1, 0.15) is 30.0 Å². The molecule has 0 aliphatic heterocycles. The molecule has 0 atom stereocenters. The van der Waals surface area contributed by atoms with Crippen molar-refractivity contribution >= 4 is 15.9 Å². The van der Waals surface area contributed by atoms with Gasteiger partial charge in [-0.05, 0) is 40.9 Å². The summed E-state index contributed by atoms with van der Waals surface area (Å²) in [5.74, 6) is 1.33. The van der Waals surface area contributed by atoms with E-state index in [1.807, 2.05) is 18.3 Å². The molecule has 1 fully saturated rings. The maximum absolute atomic E-state index is 9.33. The molecule has 3 rings (SSSR count). The minimum atomic E-state index is -0.0413. The number of aromatic nitrogens is 3. The minimum Gasteiger partial charge on any atom is -0.392 e. The van der Waals surface area contributed by atoms with Crippen LogP contribution in [0.4, 0.5) is 0 Å². The molecule has 0 amide bonds. The van der Waals surface area contributed by atoms with E-state index in [4.69, 9.17) is 0 Å². The number of rotatable bonds is 3. The Morgan fingerprint density at radius 2 is 2.29 bits per heavy atom. The molecule has 4 nitrogen and oxygen atoms in total. The van der Waals surface area contributed by atoms with E-state index in [1.165, 1.54) is 12.8 Å². The highest BCUT2D eigenvalue weighted by Crippen LogP contribution is 2.39. The van der Waals surface area contributed by atoms with Crippen molar-refractivity contribution < 1.29 is 5.11 Å². The Kier molecular flexibility index (Phi) is 2.72. The van der Waals surface area contributed by atoms with Gasteiger partial charge in [0.25, 0.3) is 0 Å². The summed E-state index contributed by atoms with van der Waals surface area (Å²) in [6, 6.07) is 3.89. The van der Waals surface area contributed by atoms with E-state index in [-0.39, 0.29) is 6.61 Å². The summed E-state index contributed by atoms with van der Waals surface area (Å²) in [6.07, 6.45) is 6.09. The molecule has 0 aromatic carbocycles. The molecule has 1 N–H and O–H groups in total. The van der Waals surface area contributed by atoms with E-state index < -0.39 is 0 Å². The third kappa shape index (κ3) is 2.12. The predicted molar refractivity (Wildman–Crippen MR) is 67.0 cm³/mol. The second-order valence-corrected chi connectivity index (χ2v) is 5.17. The third-order valence-corrected chi connectivity index (χ3v) is 3.34. The molecule has 1 aliphatic carbocycles. The van der Waals surface area contributed by atoms with E-state index in [0.29, 0.717) is 11.7 Å². The molecule has 0 saturated heterocycles. The van der Waals surface area contributed by atoms with Gasteiger partial charge in [0.1, 0.15) is 0 Å². The number of pyridine rings is 1. The standard InChI is InChI=1S/C12H12BrN3O/c13-10-5-9(7-17)12(14-6-10)16-4-3-11(15-16)8-1-2-8/h3-6,8,17H,1-2,7H2. The van der Waals surface area contributed by atoms with Crippen molar-refractivity contribution in [2.24, 2.45) is 0 Å². The van der Waals surface area contributed by atoms with Gasteiger partial charge < -0.3 is 5.11 Å². The molecule has 0 unspecified atom stereocenters. The van der Waals surface area contributed by atoms with E-state index in [9.17, 15) is 5.11 Å². The van der Waals surface area contributed by atoms with Crippen molar-refractivity contribution in [1.82, 2.24) is 14.8 Å². The first kappa shape index (κ1) is 10.9. The van der Waals surface area contributed by atoms with Gasteiger partial charge in [-0.25, -0.2) is 9.67 Å². The van der Waals surface area contributed by atoms with Crippen molar-refractivity contribution in [3.05, 3.63) is 40.3 Å². The van der Waals surface area contributed by atoms with Crippen LogP contribution in [0.5, 0.6) is 0 Å². The fourth-order valence-corrected chi connectivity index (χ4v) is 2.23. The molecule has 17 heavy (non-hydrogen) atoms. The van der Waals surface area contributed by atoms with Crippen LogP contribution >= 0.6 is 15.9 Å². The van der Waals surface area contributed by atoms with Gasteiger partial charge in [0.15, 0.2) is 5.82 Å². The number of aliphatic hydroxyl groups is 1. The predicted octanol–water partition coefficient (Wildman–Crippen LogP) is 2.40. The number of aliphatic hydroxyl groups excluding tert-OH is 1. The zero-order chi connectivity index (χ0) is 11.8. The maximum Gasteiger partial charge on any atom is 0.158 e. The number of halogens is 1. The summed E-state index contributed by atoms with van der Waals surface area (Å²) in [5.41, 5.74) is 1.89. The molecular weight excluding hydrogens is 282 g/mol. The van der Waals surface area contributed by atoms with E-state index in [0.717, 1.165) is 15.7 Å². The minimum absolute atomic E-state index is 0.0413. The molecule has 0 radical (unpaired) electrons. The highest BCUT2D eigenvalue weighted by Gasteiger charge is 2.26. The Hall–Kier alpha value is -1.20. The first-order valence-corrected chi connectivity index (χ1v) is 6.38. The Morgan fingerprint density at radius 1 is 1.47 bits per heavy atom. The Bertz CT molecular complexity index is 548. The second kappa shape index (κ2) is 4.23. The van der Waals surface area contributed by atoms with Crippen molar-refractivity contribution in [2.45, 2.75) is 25.4 Å². The van der Waals surface area contributed by atoms with E-state index in [2.05, 4.69) is 26.0 Å². The van der Waals surface area contributed by atoms with Crippen LogP contribution in [-0.2, 0) is 6.61 Å². The number of hydrogen-bond acceptors (Lipinski definition) is 3. The van der Waals surface area contributed by atoms with Crippen molar-refractivity contribution in [1.29, 1.82) is 0 Å². The van der Waals surface area contributed by atoms with Gasteiger partial charge in [0.2, 0.25) is 0 Å². The molecule has 1 aliphatic rings. The summed E-state index contributed by atoms with van der Waals surface area (Å²) in [7, 11) is 0. The molecular formula is C12H12BrN3O. The van der Waals surface area contributed by atoms with Gasteiger partial charge in [-0.2, -0.15) is 5.10 Å². The van der Waals surface area contributed by atoms with Gasteiger partial charge in [-0.3, -0.25) is 0 Å². The number of hydrogen-bond donors (Lipinski definition) is 1. The SMILES string of the molecule is OCc1cc(Br)cnc1-n1ccc(C2CC2)n1. The van der Waals surface area contributed by atoms with Crippen molar-refractivity contribution in [3.63, 3.8) is 0 Å². The lowest BCUT2D eigenvalue weighted by Gasteiger charge is -2.06. The van der Waals surface area contributed by atoms with Crippen LogP contribution in [0.2, 0.25) is 0 Å². The van der Waals surface area contributed by atoms with Crippen LogP contribution in [-0.4, -0.2) is 19.9 Å². The van der Waals surface area contributed by atoms with Crippen LogP contribution in [0.25, 0.3) is 5.82 Å². The van der Waals surface area contributed by atoms with Gasteiger partial charge >= 0.3 is 0 Å². The first-order chi connectivity index (χ1) is 8.28. The van der Waals surface area contributed by atoms with Crippen molar-refractivity contribution in [3.8, 4) is 5.82 Å². The molecule has 2 aromatic rings. The zero-order valence-electron chi connectivity index (χ0n) is 9.17. The fourth-order valence-electron chi connectivity index (χ4n) is 1.85. The van der Waals surface area contributed by atoms with Crippen molar-refractivity contribution in [2.75, 3.05) is 0 Å². The van der Waals surface area contributed by atoms with Gasteiger partial charge in [-0.15, -0.1) is 0 Å². The zero-order valence-corrected chi connectivity index (χ0v) is 10.8. The topological polar surface area (TPSA) is 50.9 Å². The Labute approximate surface area is 107 Å². The summed E-state index contributed by atoms with van der Waals surface area (Å²) in [5, 5.41) is 13.8. The summed E-state index contributed by atoms with van der Waals surface area (Å²) >= 11 is 3.34. The molecule has 2 heterocycles. The quantitative estimate of drug-likeness (QED) is 0.945. The van der Waals surface area contributed by atoms with Gasteiger partial charge in [0, 0.05) is 28.3 Å². The lowest BCUT2D eigenvalue weighted by Crippen LogP contribution is -2.04. The van der Waals surface area contributed by atoms with Crippen LogP contribution < -0.4 is 0 Å². The van der Waals surface area contributed by atoms with Gasteiger partial charge in [-0.1, -0.05) is 0 Å². The summed E-state index contributed by atoms with van der Waals surface area (Å²) in [6.45, 7) is -0.0413. The highest BCUT2D eigenvalue weighted by molar-refractivity contribution is 9.10. The lowest BCUT2D eigenvalue weighted by molar-refractivity contribution is 0.280. The lowest BCUT2D eigenvalue weighted by atomic mass is 10.3. The van der Waals surface area contributed by atoms with Crippen LogP contribution in [0.15, 0.2) is 29.0 Å². The molecule has 1 saturated carbocycles. The maximum atomic E-state index is 9.33. The molecule has 88 valence electrons. The Balaban J connectivity index is 2.01. The highest BCUT2D eigenvalue weighted by atomic mass is 79.9. The van der Waals surface area contributed by atoms with Crippen LogP contribution in [0, 0.1) is 0 Å². The number of nitrogens with zero attached hydrogens (tertiary/aromatic N) is 3. The van der Waals surface area contributed by atoms with Crippen LogP contribution in [0.3, 0.4) is 0 Å². The normalized spacial score (nSPS) is 15.2. The summed E-state index contributed by atoms with van der Waals surface area (Å²) in [4.78, 5) is 4.31. The smallest absolute Gasteiger partial charge is 0.158 e. The molecule has 0 spiro atoms. The monoisotopic (exact) mass is 293 g/mol. The van der Waals surface area contributed by atoms with Gasteiger partial charge in [0.05, 0.1) is 12.3 Å². The Morgan fingerprint density at radius 3 is 3.00 bits per heavy atom.